The molecule has 0 saturated carbocycles. The number of fused-ring (bicyclic) bond motifs is 3. The molecule has 0 radical (unpaired) electrons. The number of rotatable bonds is 4. The van der Waals surface area contributed by atoms with Crippen LogP contribution in [0.1, 0.15) is 30.4 Å². The van der Waals surface area contributed by atoms with Crippen LogP contribution in [0.5, 0.6) is 0 Å². The van der Waals surface area contributed by atoms with Crippen molar-refractivity contribution >= 4 is 23.1 Å². The van der Waals surface area contributed by atoms with E-state index in [9.17, 15) is 22.4 Å². The zero-order chi connectivity index (χ0) is 20.7. The SMILES string of the molecule is C[C-]1CN(C(=O)Nc2cnnc(C(F)F)c2)c2cnc3cc(CC(F)F)nn3c21.[U]. The molecule has 0 unspecified atom stereocenters. The minimum Gasteiger partial charge on any atom is -0.381 e. The van der Waals surface area contributed by atoms with Crippen molar-refractivity contribution in [3.63, 3.8) is 0 Å². The average molecular weight is 646 g/mol. The van der Waals surface area contributed by atoms with Crippen molar-refractivity contribution in [1.82, 2.24) is 24.8 Å². The van der Waals surface area contributed by atoms with E-state index in [4.69, 9.17) is 0 Å². The Morgan fingerprint density at radius 2 is 2.03 bits per heavy atom. The number of hydrogen-bond acceptors (Lipinski definition) is 5. The van der Waals surface area contributed by atoms with Crippen LogP contribution < -0.4 is 10.2 Å². The molecule has 0 aromatic carbocycles. The predicted molar refractivity (Wildman–Crippen MR) is 94.1 cm³/mol. The van der Waals surface area contributed by atoms with E-state index in [0.29, 0.717) is 17.0 Å². The predicted octanol–water partition coefficient (Wildman–Crippen LogP) is 3.26. The van der Waals surface area contributed by atoms with Crippen LogP contribution in [0.4, 0.5) is 33.7 Å². The van der Waals surface area contributed by atoms with Crippen LogP contribution in [0.3, 0.4) is 0 Å². The van der Waals surface area contributed by atoms with Gasteiger partial charge in [-0.05, 0) is 18.8 Å². The van der Waals surface area contributed by atoms with Crippen molar-refractivity contribution in [2.45, 2.75) is 26.2 Å². The molecule has 2 amide bonds. The van der Waals surface area contributed by atoms with Crippen LogP contribution in [0.2, 0.25) is 0 Å². The summed E-state index contributed by atoms with van der Waals surface area (Å²) in [6.45, 7) is 1.98. The Morgan fingerprint density at radius 1 is 1.27 bits per heavy atom. The minimum atomic E-state index is -2.82. The van der Waals surface area contributed by atoms with Crippen molar-refractivity contribution in [2.24, 2.45) is 0 Å². The van der Waals surface area contributed by atoms with E-state index in [-0.39, 0.29) is 49.0 Å². The second-order valence-corrected chi connectivity index (χ2v) is 6.46. The number of nitrogens with zero attached hydrogens (tertiary/aromatic N) is 6. The average Bonchev–Trinajstić information content (AvgIpc) is 3.21. The van der Waals surface area contributed by atoms with Crippen LogP contribution in [-0.2, 0) is 6.42 Å². The molecule has 0 atom stereocenters. The fourth-order valence-corrected chi connectivity index (χ4v) is 3.15. The van der Waals surface area contributed by atoms with Crippen molar-refractivity contribution in [3.8, 4) is 0 Å². The van der Waals surface area contributed by atoms with Gasteiger partial charge in [0.05, 0.1) is 24.0 Å². The van der Waals surface area contributed by atoms with E-state index >= 15 is 0 Å². The van der Waals surface area contributed by atoms with E-state index in [2.05, 4.69) is 25.6 Å². The molecule has 4 rings (SSSR count). The maximum absolute atomic E-state index is 12.8. The van der Waals surface area contributed by atoms with Gasteiger partial charge < -0.3 is 10.2 Å². The maximum atomic E-state index is 12.8. The number of urea groups is 1. The smallest absolute Gasteiger partial charge is 0.309 e. The molecular formula is C17H14F4N7OU-. The molecule has 13 heteroatoms. The largest absolute Gasteiger partial charge is 0.381 e. The first-order chi connectivity index (χ1) is 13.8. The van der Waals surface area contributed by atoms with Crippen LogP contribution in [0.15, 0.2) is 24.5 Å². The molecule has 3 aromatic heterocycles. The van der Waals surface area contributed by atoms with Gasteiger partial charge in [0.25, 0.3) is 6.43 Å². The molecule has 1 aliphatic rings. The van der Waals surface area contributed by atoms with E-state index < -0.39 is 31.0 Å². The molecule has 1 N–H and O–H groups in total. The Balaban J connectivity index is 0.00000256. The molecule has 0 saturated heterocycles. The third-order valence-electron chi connectivity index (χ3n) is 4.36. The molecule has 0 aliphatic carbocycles. The second-order valence-electron chi connectivity index (χ2n) is 6.46. The molecule has 156 valence electrons. The Kier molecular flexibility index (Phi) is 6.52. The van der Waals surface area contributed by atoms with E-state index in [0.717, 1.165) is 18.2 Å². The second kappa shape index (κ2) is 8.77. The normalized spacial score (nSPS) is 13.2. The Hall–Kier alpha value is -2.39. The third kappa shape index (κ3) is 4.22. The fraction of sp³-hybridized carbons (Fsp3) is 0.294. The number of carbonyl (C=O) groups excluding carboxylic acids is 1. The van der Waals surface area contributed by atoms with Gasteiger partial charge in [0.15, 0.2) is 5.65 Å². The fourth-order valence-electron chi connectivity index (χ4n) is 3.15. The number of nitrogens with one attached hydrogen (secondary N) is 1. The van der Waals surface area contributed by atoms with Crippen LogP contribution in [0.25, 0.3) is 5.65 Å². The molecule has 1 aliphatic heterocycles. The number of aromatic nitrogens is 5. The maximum Gasteiger partial charge on any atom is 0.309 e. The molecule has 8 nitrogen and oxygen atoms in total. The van der Waals surface area contributed by atoms with Crippen LogP contribution >= 0.6 is 0 Å². The molecular weight excluding hydrogens is 632 g/mol. The number of anilines is 2. The number of amides is 2. The molecule has 4 heterocycles. The van der Waals surface area contributed by atoms with Crippen molar-refractivity contribution in [3.05, 3.63) is 47.5 Å². The number of carbonyl (C=O) groups is 1. The van der Waals surface area contributed by atoms with Gasteiger partial charge in [0.2, 0.25) is 6.43 Å². The third-order valence-corrected chi connectivity index (χ3v) is 4.36. The van der Waals surface area contributed by atoms with Gasteiger partial charge in [-0.1, -0.05) is 11.4 Å². The first kappa shape index (κ1) is 22.3. The summed E-state index contributed by atoms with van der Waals surface area (Å²) in [5.41, 5.74) is 1.10. The monoisotopic (exact) mass is 646 g/mol. The topological polar surface area (TPSA) is 88.3 Å². The minimum absolute atomic E-state index is 0. The number of halogens is 4. The summed E-state index contributed by atoms with van der Waals surface area (Å²) in [7, 11) is 0. The first-order valence-electron chi connectivity index (χ1n) is 8.51. The Morgan fingerprint density at radius 3 is 2.73 bits per heavy atom. The van der Waals surface area contributed by atoms with Crippen molar-refractivity contribution < 1.29 is 53.5 Å². The molecule has 0 spiro atoms. The van der Waals surface area contributed by atoms with Gasteiger partial charge in [-0.15, -0.1) is 12.0 Å². The summed E-state index contributed by atoms with van der Waals surface area (Å²) in [6, 6.07) is 1.92. The Labute approximate surface area is 191 Å². The van der Waals surface area contributed by atoms with Gasteiger partial charge in [-0.3, -0.25) is 4.98 Å². The summed E-state index contributed by atoms with van der Waals surface area (Å²) in [5.74, 6) is 0.773. The zero-order valence-electron chi connectivity index (χ0n) is 15.5. The van der Waals surface area contributed by atoms with Gasteiger partial charge in [0, 0.05) is 37.2 Å². The van der Waals surface area contributed by atoms with Gasteiger partial charge >= 0.3 is 6.03 Å². The zero-order valence-corrected chi connectivity index (χ0v) is 19.6. The van der Waals surface area contributed by atoms with Crippen molar-refractivity contribution in [2.75, 3.05) is 16.8 Å². The summed E-state index contributed by atoms with van der Waals surface area (Å²) >= 11 is 0. The van der Waals surface area contributed by atoms with Gasteiger partial charge in [0.1, 0.15) is 5.69 Å². The first-order valence-corrected chi connectivity index (χ1v) is 8.51. The summed E-state index contributed by atoms with van der Waals surface area (Å²) in [6.07, 6.45) is -3.25. The van der Waals surface area contributed by atoms with Gasteiger partial charge in [-0.2, -0.15) is 16.1 Å². The van der Waals surface area contributed by atoms with E-state index in [1.807, 2.05) is 0 Å². The number of alkyl halides is 4. The molecule has 0 bridgehead atoms. The van der Waals surface area contributed by atoms with E-state index in [1.165, 1.54) is 21.7 Å². The van der Waals surface area contributed by atoms with Crippen molar-refractivity contribution in [1.29, 1.82) is 0 Å². The van der Waals surface area contributed by atoms with Crippen LogP contribution in [-0.4, -0.2) is 43.8 Å². The quantitative estimate of drug-likeness (QED) is 0.348. The summed E-state index contributed by atoms with van der Waals surface area (Å²) in [4.78, 5) is 18.2. The van der Waals surface area contributed by atoms with E-state index in [1.54, 1.807) is 6.92 Å². The molecule has 3 aromatic rings. The summed E-state index contributed by atoms with van der Waals surface area (Å²) in [5, 5.41) is 13.4. The standard InChI is InChI=1S/C17H14F4N7O.U/c1-8-7-27(17(29)24-10-2-11(16(20)21)25-23-5-10)12-6-22-14-4-9(3-13(18)19)26-28(14)15(8)12;/h2,4-6,13,16H,3,7H2,1H3,(H,24,25,29);/q-1;. The number of hydrogen-bond donors (Lipinski definition) is 1. The molecule has 30 heavy (non-hydrogen) atoms. The molecule has 0 fully saturated rings. The summed E-state index contributed by atoms with van der Waals surface area (Å²) < 4.78 is 52.3. The van der Waals surface area contributed by atoms with Gasteiger partial charge in [-0.25, -0.2) is 26.9 Å². The van der Waals surface area contributed by atoms with Crippen LogP contribution in [0, 0.1) is 37.0 Å². The Bertz CT molecular complexity index is 1080.